The molecule has 2 N–H and O–H groups in total. The van der Waals surface area contributed by atoms with E-state index in [2.05, 4.69) is 56.8 Å². The number of alkyl halides is 3. The fraction of sp³-hybridized carbons (Fsp3) is 0.545. The van der Waals surface area contributed by atoms with Crippen LogP contribution >= 0.6 is 0 Å². The Bertz CT molecular complexity index is 854. The molecule has 1 aromatic heterocycles. The van der Waals surface area contributed by atoms with Crippen LogP contribution in [0.5, 0.6) is 0 Å². The van der Waals surface area contributed by atoms with Crippen molar-refractivity contribution in [3.8, 4) is 0 Å². The topological polar surface area (TPSA) is 57.5 Å². The molecule has 0 bridgehead atoms. The second kappa shape index (κ2) is 10.2. The Morgan fingerprint density at radius 1 is 1.23 bits per heavy atom. The lowest BCUT2D eigenvalue weighted by Gasteiger charge is -2.37. The molecule has 31 heavy (non-hydrogen) atoms. The van der Waals surface area contributed by atoms with E-state index in [1.54, 1.807) is 0 Å². The average Bonchev–Trinajstić information content (AvgIpc) is 3.14. The molecule has 1 atom stereocenters. The first-order valence-electron chi connectivity index (χ1n) is 10.7. The van der Waals surface area contributed by atoms with Crippen LogP contribution in [0.4, 0.5) is 13.2 Å². The van der Waals surface area contributed by atoms with Crippen LogP contribution in [0.15, 0.2) is 41.5 Å². The van der Waals surface area contributed by atoms with E-state index in [9.17, 15) is 13.2 Å². The van der Waals surface area contributed by atoms with Crippen LogP contribution in [0.25, 0.3) is 0 Å². The summed E-state index contributed by atoms with van der Waals surface area (Å²) >= 11 is 0. The molecule has 1 aliphatic heterocycles. The molecule has 170 valence electrons. The molecule has 0 spiro atoms. The normalized spacial score (nSPS) is 17.5. The highest BCUT2D eigenvalue weighted by Gasteiger charge is 2.36. The maximum absolute atomic E-state index is 13.2. The van der Waals surface area contributed by atoms with Gasteiger partial charge in [-0.2, -0.15) is 18.3 Å². The fourth-order valence-electron chi connectivity index (χ4n) is 3.94. The number of likely N-dealkylation sites (tertiary alicyclic amines) is 1. The highest BCUT2D eigenvalue weighted by molar-refractivity contribution is 5.80. The molecule has 3 rings (SSSR count). The third-order valence-corrected chi connectivity index (χ3v) is 5.62. The second-order valence-electron chi connectivity index (χ2n) is 7.91. The number of nitrogens with zero attached hydrogens (tertiary/aromatic N) is 4. The predicted octanol–water partition coefficient (Wildman–Crippen LogP) is 3.72. The molecule has 0 amide bonds. The number of guanidine groups is 1. The van der Waals surface area contributed by atoms with Crippen molar-refractivity contribution in [2.45, 2.75) is 51.5 Å². The van der Waals surface area contributed by atoms with Gasteiger partial charge < -0.3 is 10.6 Å². The monoisotopic (exact) mass is 436 g/mol. The van der Waals surface area contributed by atoms with Crippen molar-refractivity contribution in [1.29, 1.82) is 0 Å². The Morgan fingerprint density at radius 2 is 1.90 bits per heavy atom. The number of aliphatic imine (C=N–C) groups is 1. The van der Waals surface area contributed by atoms with Crippen LogP contribution in [-0.4, -0.2) is 46.3 Å². The lowest BCUT2D eigenvalue weighted by Crippen LogP contribution is -2.49. The standard InChI is InChI=1S/C22H31F3N6/c1-4-26-21(27-14-18-15-30(3)29-20(18)22(23,24)25)28-19-10-12-31(13-11-19)16(2)17-8-6-5-7-9-17/h5-9,15-16,19H,4,10-14H2,1-3H3,(H2,26,27,28). The first kappa shape index (κ1) is 23.1. The van der Waals surface area contributed by atoms with Gasteiger partial charge in [-0.1, -0.05) is 30.3 Å². The molecule has 2 aromatic rings. The average molecular weight is 437 g/mol. The van der Waals surface area contributed by atoms with Crippen LogP contribution in [0, 0.1) is 0 Å². The third kappa shape index (κ3) is 6.22. The first-order valence-corrected chi connectivity index (χ1v) is 10.7. The van der Waals surface area contributed by atoms with Gasteiger partial charge in [0.2, 0.25) is 0 Å². The maximum atomic E-state index is 13.2. The molecule has 1 fully saturated rings. The number of halogens is 3. The number of nitrogens with one attached hydrogen (secondary N) is 2. The van der Waals surface area contributed by atoms with E-state index in [4.69, 9.17) is 0 Å². The zero-order chi connectivity index (χ0) is 22.4. The molecule has 1 unspecified atom stereocenters. The minimum absolute atomic E-state index is 0.0682. The molecular formula is C22H31F3N6. The molecule has 6 nitrogen and oxygen atoms in total. The van der Waals surface area contributed by atoms with Gasteiger partial charge in [-0.25, -0.2) is 4.99 Å². The fourth-order valence-corrected chi connectivity index (χ4v) is 3.94. The molecule has 0 saturated carbocycles. The molecule has 0 aliphatic carbocycles. The predicted molar refractivity (Wildman–Crippen MR) is 116 cm³/mol. The Morgan fingerprint density at radius 3 is 2.52 bits per heavy atom. The summed E-state index contributed by atoms with van der Waals surface area (Å²) < 4.78 is 40.7. The van der Waals surface area contributed by atoms with E-state index in [-0.39, 0.29) is 18.2 Å². The van der Waals surface area contributed by atoms with Crippen LogP contribution in [0.3, 0.4) is 0 Å². The van der Waals surface area contributed by atoms with Gasteiger partial charge in [0.25, 0.3) is 0 Å². The Kier molecular flexibility index (Phi) is 7.59. The number of hydrogen-bond donors (Lipinski definition) is 2. The highest BCUT2D eigenvalue weighted by atomic mass is 19.4. The van der Waals surface area contributed by atoms with Gasteiger partial charge in [0, 0.05) is 50.5 Å². The number of rotatable bonds is 6. The SMILES string of the molecule is CCNC(=NCc1cn(C)nc1C(F)(F)F)NC1CCN(C(C)c2ccccc2)CC1. The maximum Gasteiger partial charge on any atom is 0.435 e. The van der Waals surface area contributed by atoms with Crippen molar-refractivity contribution in [2.75, 3.05) is 19.6 Å². The molecule has 1 saturated heterocycles. The van der Waals surface area contributed by atoms with E-state index in [1.165, 1.54) is 23.5 Å². The lowest BCUT2D eigenvalue weighted by atomic mass is 10.0. The number of aromatic nitrogens is 2. The summed E-state index contributed by atoms with van der Waals surface area (Å²) in [5.41, 5.74) is 0.497. The Hall–Kier alpha value is -2.55. The second-order valence-corrected chi connectivity index (χ2v) is 7.91. The molecule has 1 aliphatic rings. The largest absolute Gasteiger partial charge is 0.435 e. The zero-order valence-corrected chi connectivity index (χ0v) is 18.3. The van der Waals surface area contributed by atoms with Gasteiger partial charge in [-0.3, -0.25) is 9.58 Å². The van der Waals surface area contributed by atoms with E-state index >= 15 is 0 Å². The number of benzene rings is 1. The summed E-state index contributed by atoms with van der Waals surface area (Å²) in [5, 5.41) is 10.1. The van der Waals surface area contributed by atoms with Crippen molar-refractivity contribution < 1.29 is 13.2 Å². The van der Waals surface area contributed by atoms with E-state index in [0.29, 0.717) is 18.5 Å². The quantitative estimate of drug-likeness (QED) is 0.535. The van der Waals surface area contributed by atoms with Gasteiger partial charge in [0.15, 0.2) is 11.7 Å². The summed E-state index contributed by atoms with van der Waals surface area (Å²) in [6.07, 6.45) is -1.22. The van der Waals surface area contributed by atoms with Crippen molar-refractivity contribution in [1.82, 2.24) is 25.3 Å². The zero-order valence-electron chi connectivity index (χ0n) is 18.3. The third-order valence-electron chi connectivity index (χ3n) is 5.62. The minimum atomic E-state index is -4.49. The van der Waals surface area contributed by atoms with Crippen LogP contribution in [0.1, 0.15) is 49.6 Å². The van der Waals surface area contributed by atoms with Crippen molar-refractivity contribution in [2.24, 2.45) is 12.0 Å². The van der Waals surface area contributed by atoms with Gasteiger partial charge in [-0.05, 0) is 32.3 Å². The molecule has 1 aromatic carbocycles. The Labute approximate surface area is 181 Å². The molecule has 2 heterocycles. The summed E-state index contributed by atoms with van der Waals surface area (Å²) in [7, 11) is 1.48. The highest BCUT2D eigenvalue weighted by Crippen LogP contribution is 2.31. The van der Waals surface area contributed by atoms with Crippen LogP contribution in [0.2, 0.25) is 0 Å². The lowest BCUT2D eigenvalue weighted by molar-refractivity contribution is -0.142. The van der Waals surface area contributed by atoms with Gasteiger partial charge in [0.05, 0.1) is 6.54 Å². The molecule has 9 heteroatoms. The van der Waals surface area contributed by atoms with E-state index in [1.807, 2.05) is 13.0 Å². The smallest absolute Gasteiger partial charge is 0.357 e. The number of hydrogen-bond acceptors (Lipinski definition) is 3. The summed E-state index contributed by atoms with van der Waals surface area (Å²) in [6, 6.07) is 11.0. The van der Waals surface area contributed by atoms with Crippen LogP contribution in [-0.2, 0) is 19.8 Å². The van der Waals surface area contributed by atoms with Gasteiger partial charge in [-0.15, -0.1) is 0 Å². The van der Waals surface area contributed by atoms with Crippen LogP contribution < -0.4 is 10.6 Å². The molecular weight excluding hydrogens is 405 g/mol. The van der Waals surface area contributed by atoms with E-state index < -0.39 is 11.9 Å². The van der Waals surface area contributed by atoms with Crippen molar-refractivity contribution >= 4 is 5.96 Å². The van der Waals surface area contributed by atoms with Crippen molar-refractivity contribution in [3.05, 3.63) is 53.3 Å². The summed E-state index contributed by atoms with van der Waals surface area (Å²) in [6.45, 7) is 6.62. The van der Waals surface area contributed by atoms with E-state index in [0.717, 1.165) is 25.9 Å². The number of piperidine rings is 1. The molecule has 0 radical (unpaired) electrons. The van der Waals surface area contributed by atoms with Gasteiger partial charge >= 0.3 is 6.18 Å². The number of aryl methyl sites for hydroxylation is 1. The van der Waals surface area contributed by atoms with Gasteiger partial charge in [0.1, 0.15) is 0 Å². The summed E-state index contributed by atoms with van der Waals surface area (Å²) in [5.74, 6) is 0.536. The minimum Gasteiger partial charge on any atom is -0.357 e. The Balaban J connectivity index is 1.59. The summed E-state index contributed by atoms with van der Waals surface area (Å²) in [4.78, 5) is 6.86. The first-order chi connectivity index (χ1) is 14.8. The van der Waals surface area contributed by atoms with Crippen molar-refractivity contribution in [3.63, 3.8) is 0 Å².